The average Bonchev–Trinajstić information content (AvgIpc) is 3.65. The molecule has 10 nitrogen and oxygen atoms in total. The number of imidazole rings is 1. The first-order chi connectivity index (χ1) is 20.2. The van der Waals surface area contributed by atoms with Gasteiger partial charge < -0.3 is 14.0 Å². The van der Waals surface area contributed by atoms with Gasteiger partial charge in [-0.05, 0) is 25.3 Å². The van der Waals surface area contributed by atoms with Crippen molar-refractivity contribution in [1.29, 1.82) is 0 Å². The minimum Gasteiger partial charge on any atom is -0.480 e. The van der Waals surface area contributed by atoms with Gasteiger partial charge in [0.1, 0.15) is 29.8 Å². The molecule has 1 unspecified atom stereocenters. The summed E-state index contributed by atoms with van der Waals surface area (Å²) < 4.78 is 66.8. The van der Waals surface area contributed by atoms with Crippen LogP contribution in [0.15, 0.2) is 43.0 Å². The Morgan fingerprint density at radius 3 is 2.38 bits per heavy atom. The Labute approximate surface area is 237 Å². The summed E-state index contributed by atoms with van der Waals surface area (Å²) >= 11 is 0. The highest BCUT2D eigenvalue weighted by molar-refractivity contribution is 5.83. The zero-order valence-electron chi connectivity index (χ0n) is 22.9. The van der Waals surface area contributed by atoms with Crippen LogP contribution < -0.4 is 9.47 Å². The molecule has 0 radical (unpaired) electrons. The molecule has 6 rings (SSSR count). The lowest BCUT2D eigenvalue weighted by Crippen LogP contribution is -2.10. The summed E-state index contributed by atoms with van der Waals surface area (Å²) in [7, 11) is 3.04. The minimum atomic E-state index is -4.64. The Morgan fingerprint density at radius 2 is 1.74 bits per heavy atom. The molecule has 4 heterocycles. The van der Waals surface area contributed by atoms with Crippen LogP contribution in [0.25, 0.3) is 33.8 Å². The van der Waals surface area contributed by atoms with Gasteiger partial charge in [0.05, 0.1) is 32.5 Å². The van der Waals surface area contributed by atoms with Crippen LogP contribution in [-0.4, -0.2) is 60.2 Å². The summed E-state index contributed by atoms with van der Waals surface area (Å²) in [6.45, 7) is 0.852. The van der Waals surface area contributed by atoms with E-state index in [-0.39, 0.29) is 18.4 Å². The molecule has 42 heavy (non-hydrogen) atoms. The first-order valence-electron chi connectivity index (χ1n) is 13.2. The largest absolute Gasteiger partial charge is 0.480 e. The number of halogens is 4. The van der Waals surface area contributed by atoms with Gasteiger partial charge >= 0.3 is 6.18 Å². The molecule has 5 aromatic rings. The fraction of sp³-hybridized carbons (Fsp3) is 0.357. The smallest absolute Gasteiger partial charge is 0.434 e. The molecule has 0 N–H and O–H groups in total. The van der Waals surface area contributed by atoms with E-state index in [1.807, 2.05) is 6.92 Å². The number of ether oxygens (including phenoxy) is 2. The number of fused-ring (bicyclic) bond motifs is 1. The third kappa shape index (κ3) is 4.90. The molecule has 1 aliphatic carbocycles. The first kappa shape index (κ1) is 27.5. The lowest BCUT2D eigenvalue weighted by molar-refractivity contribution is -0.140. The first-order valence-corrected chi connectivity index (χ1v) is 13.2. The third-order valence-electron chi connectivity index (χ3n) is 7.24. The van der Waals surface area contributed by atoms with Crippen molar-refractivity contribution in [2.45, 2.75) is 44.4 Å². The second-order valence-corrected chi connectivity index (χ2v) is 9.93. The van der Waals surface area contributed by atoms with Crippen LogP contribution in [0.1, 0.15) is 48.7 Å². The van der Waals surface area contributed by atoms with E-state index in [0.29, 0.717) is 45.7 Å². The maximum atomic E-state index is 13.3. The maximum Gasteiger partial charge on any atom is 0.434 e. The van der Waals surface area contributed by atoms with E-state index < -0.39 is 18.5 Å². The topological polar surface area (TPSA) is 106 Å². The van der Waals surface area contributed by atoms with E-state index in [0.717, 1.165) is 30.3 Å². The van der Waals surface area contributed by atoms with Gasteiger partial charge in [0.25, 0.3) is 0 Å². The Kier molecular flexibility index (Phi) is 6.99. The summed E-state index contributed by atoms with van der Waals surface area (Å²) in [5.74, 6) is 1.45. The van der Waals surface area contributed by atoms with E-state index in [4.69, 9.17) is 14.5 Å². The van der Waals surface area contributed by atoms with Gasteiger partial charge in [-0.3, -0.25) is 0 Å². The maximum absolute atomic E-state index is 13.3. The molecule has 0 aliphatic heterocycles. The van der Waals surface area contributed by atoms with Crippen LogP contribution >= 0.6 is 0 Å². The van der Waals surface area contributed by atoms with E-state index >= 15 is 0 Å². The average molecular weight is 583 g/mol. The monoisotopic (exact) mass is 582 g/mol. The minimum absolute atomic E-state index is 0.0354. The van der Waals surface area contributed by atoms with E-state index in [9.17, 15) is 17.6 Å². The normalized spacial score (nSPS) is 14.4. The van der Waals surface area contributed by atoms with Crippen molar-refractivity contribution < 1.29 is 27.0 Å². The quantitative estimate of drug-likeness (QED) is 0.206. The highest BCUT2D eigenvalue weighted by Crippen LogP contribution is 2.45. The van der Waals surface area contributed by atoms with Crippen LogP contribution in [0, 0.1) is 0 Å². The predicted octanol–water partition coefficient (Wildman–Crippen LogP) is 5.64. The van der Waals surface area contributed by atoms with Gasteiger partial charge in [-0.2, -0.15) is 13.2 Å². The molecule has 4 aromatic heterocycles. The molecule has 0 saturated heterocycles. The molecular weight excluding hydrogens is 556 g/mol. The molecule has 1 aromatic carbocycles. The van der Waals surface area contributed by atoms with Crippen molar-refractivity contribution in [2.24, 2.45) is 0 Å². The van der Waals surface area contributed by atoms with Gasteiger partial charge in [-0.15, -0.1) is 5.10 Å². The van der Waals surface area contributed by atoms with Crippen molar-refractivity contribution in [3.63, 3.8) is 0 Å². The summed E-state index contributed by atoms with van der Waals surface area (Å²) in [5.41, 5.74) is 2.13. The molecule has 0 bridgehead atoms. The zero-order chi connectivity index (χ0) is 29.6. The van der Waals surface area contributed by atoms with Crippen molar-refractivity contribution in [3.05, 3.63) is 59.9 Å². The summed E-state index contributed by atoms with van der Waals surface area (Å²) in [4.78, 5) is 21.9. The lowest BCUT2D eigenvalue weighted by atomic mass is 10.1. The van der Waals surface area contributed by atoms with E-state index in [1.165, 1.54) is 25.1 Å². The Balaban J connectivity index is 1.39. The second kappa shape index (κ2) is 10.7. The molecule has 1 aliphatic rings. The number of aryl methyl sites for hydroxylation is 1. The number of methoxy groups -OCH3 is 2. The number of alkyl halides is 4. The van der Waals surface area contributed by atoms with Crippen LogP contribution in [0.4, 0.5) is 17.6 Å². The number of hydrogen-bond donors (Lipinski definition) is 0. The van der Waals surface area contributed by atoms with Gasteiger partial charge in [-0.25, -0.2) is 34.0 Å². The predicted molar refractivity (Wildman–Crippen MR) is 144 cm³/mol. The van der Waals surface area contributed by atoms with Crippen molar-refractivity contribution in [3.8, 4) is 34.5 Å². The fourth-order valence-electron chi connectivity index (χ4n) is 4.95. The molecule has 14 heteroatoms. The van der Waals surface area contributed by atoms with Crippen molar-refractivity contribution in [1.82, 2.24) is 39.3 Å². The lowest BCUT2D eigenvalue weighted by Gasteiger charge is -2.15. The highest BCUT2D eigenvalue weighted by Gasteiger charge is 2.35. The molecule has 0 spiro atoms. The van der Waals surface area contributed by atoms with E-state index in [2.05, 4.69) is 25.0 Å². The van der Waals surface area contributed by atoms with Gasteiger partial charge in [-0.1, -0.05) is 24.3 Å². The Bertz CT molecular complexity index is 1750. The standard InChI is InChI=1S/C28H26F4N8O2/c1-15(16-4-8-18(9-5-16)24-36-20(28(30,31)32)13-39(24)11-10-29)40-25-19(26(38-40)41-2)12-33-23(37-25)21-22(17-6-7-17)34-14-35-27(21)42-3/h4-5,8-9,12-15,17H,6-7,10-11H2,1-3H3. The molecule has 1 fully saturated rings. The number of aromatic nitrogens is 8. The number of hydrogen-bond acceptors (Lipinski definition) is 8. The Morgan fingerprint density at radius 1 is 1.00 bits per heavy atom. The third-order valence-corrected chi connectivity index (χ3v) is 7.24. The van der Waals surface area contributed by atoms with Crippen LogP contribution in [0.3, 0.4) is 0 Å². The van der Waals surface area contributed by atoms with Crippen LogP contribution in [0.2, 0.25) is 0 Å². The second-order valence-electron chi connectivity index (χ2n) is 9.93. The molecule has 218 valence electrons. The molecule has 0 amide bonds. The van der Waals surface area contributed by atoms with Crippen molar-refractivity contribution in [2.75, 3.05) is 20.9 Å². The van der Waals surface area contributed by atoms with Crippen LogP contribution in [0.5, 0.6) is 11.8 Å². The number of rotatable bonds is 9. The van der Waals surface area contributed by atoms with E-state index in [1.54, 1.807) is 35.1 Å². The van der Waals surface area contributed by atoms with Crippen molar-refractivity contribution >= 4 is 11.0 Å². The molecular formula is C28H26F4N8O2. The number of nitrogens with zero attached hydrogens (tertiary/aromatic N) is 8. The number of benzene rings is 1. The molecule has 1 saturated carbocycles. The summed E-state index contributed by atoms with van der Waals surface area (Å²) in [6, 6.07) is 6.48. The fourth-order valence-corrected chi connectivity index (χ4v) is 4.95. The van der Waals surface area contributed by atoms with Crippen LogP contribution in [-0.2, 0) is 12.7 Å². The molecule has 1 atom stereocenters. The zero-order valence-corrected chi connectivity index (χ0v) is 22.9. The SMILES string of the molecule is COc1ncnc(C2CC2)c1-c1ncc2c(OC)nn(C(C)c3ccc(-c4nc(C(F)(F)F)cn4CCF)cc3)c2n1. The van der Waals surface area contributed by atoms with Gasteiger partial charge in [0, 0.05) is 23.9 Å². The van der Waals surface area contributed by atoms with Gasteiger partial charge in [0.2, 0.25) is 11.8 Å². The summed E-state index contributed by atoms with van der Waals surface area (Å²) in [6.07, 6.45) is 1.33. The van der Waals surface area contributed by atoms with Gasteiger partial charge in [0.15, 0.2) is 17.2 Å². The Hall–Kier alpha value is -4.62. The summed E-state index contributed by atoms with van der Waals surface area (Å²) in [5, 5.41) is 5.23. The highest BCUT2D eigenvalue weighted by atomic mass is 19.4.